The fourth-order valence-electron chi connectivity index (χ4n) is 3.22. The largest absolute Gasteiger partial charge is 0.276 e. The normalized spacial score (nSPS) is 15.0. The predicted molar refractivity (Wildman–Crippen MR) is 116 cm³/mol. The molecule has 0 atom stereocenters. The predicted octanol–water partition coefficient (Wildman–Crippen LogP) is 5.65. The molecule has 1 aromatic carbocycles. The Hall–Kier alpha value is -2.81. The van der Waals surface area contributed by atoms with Gasteiger partial charge in [0.2, 0.25) is 0 Å². The van der Waals surface area contributed by atoms with E-state index in [1.807, 2.05) is 44.2 Å². The second-order valence-corrected chi connectivity index (χ2v) is 6.71. The van der Waals surface area contributed by atoms with Crippen LogP contribution in [-0.4, -0.2) is 22.4 Å². The topological polar surface area (TPSA) is 37.6 Å². The molecule has 0 fully saturated rings. The molecule has 0 radical (unpaired) electrons. The zero-order valence-electron chi connectivity index (χ0n) is 16.6. The monoisotopic (exact) mass is 357 g/mol. The average molecular weight is 358 g/mol. The van der Waals surface area contributed by atoms with Crippen molar-refractivity contribution in [2.75, 3.05) is 0 Å². The molecule has 0 bridgehead atoms. The van der Waals surface area contributed by atoms with E-state index in [-0.39, 0.29) is 6.04 Å². The third kappa shape index (κ3) is 4.48. The van der Waals surface area contributed by atoms with Crippen molar-refractivity contribution in [2.24, 2.45) is 9.98 Å². The van der Waals surface area contributed by atoms with Gasteiger partial charge in [0.05, 0.1) is 34.5 Å². The van der Waals surface area contributed by atoms with E-state index < -0.39 is 0 Å². The number of rotatable bonds is 6. The van der Waals surface area contributed by atoms with Crippen molar-refractivity contribution in [3.05, 3.63) is 83.2 Å². The molecule has 138 valence electrons. The fraction of sp³-hybridized carbons (Fsp3) is 0.292. The number of aromatic nitrogens is 1. The van der Waals surface area contributed by atoms with E-state index in [2.05, 4.69) is 44.2 Å². The molecular formula is C24H27N3. The van der Waals surface area contributed by atoms with Crippen molar-refractivity contribution in [1.82, 2.24) is 4.98 Å². The summed E-state index contributed by atoms with van der Waals surface area (Å²) < 4.78 is 0. The molecule has 0 spiro atoms. The molecule has 3 nitrogen and oxygen atoms in total. The second-order valence-electron chi connectivity index (χ2n) is 6.71. The van der Waals surface area contributed by atoms with Crippen molar-refractivity contribution in [2.45, 2.75) is 46.6 Å². The van der Waals surface area contributed by atoms with Crippen molar-refractivity contribution >= 4 is 17.1 Å². The Bertz CT molecular complexity index is 898. The van der Waals surface area contributed by atoms with Crippen LogP contribution in [0.4, 0.5) is 5.69 Å². The molecule has 3 rings (SSSR count). The highest BCUT2D eigenvalue weighted by Gasteiger charge is 2.09. The summed E-state index contributed by atoms with van der Waals surface area (Å²) >= 11 is 0. The quantitative estimate of drug-likeness (QED) is 0.615. The van der Waals surface area contributed by atoms with E-state index in [4.69, 9.17) is 15.0 Å². The number of hydrogen-bond donors (Lipinski definition) is 0. The fourth-order valence-corrected chi connectivity index (χ4v) is 3.22. The lowest BCUT2D eigenvalue weighted by Gasteiger charge is -2.11. The van der Waals surface area contributed by atoms with Gasteiger partial charge in [-0.25, -0.2) is 4.98 Å². The maximum absolute atomic E-state index is 4.97. The summed E-state index contributed by atoms with van der Waals surface area (Å²) in [6, 6.07) is 12.6. The van der Waals surface area contributed by atoms with Crippen LogP contribution in [0, 0.1) is 0 Å². The molecule has 1 aromatic heterocycles. The number of hydrogen-bond acceptors (Lipinski definition) is 3. The van der Waals surface area contributed by atoms with Crippen molar-refractivity contribution in [3.8, 4) is 0 Å². The number of aliphatic imine (C=N–C) groups is 2. The van der Waals surface area contributed by atoms with Crippen molar-refractivity contribution in [1.29, 1.82) is 0 Å². The zero-order chi connectivity index (χ0) is 19.2. The number of para-hydroxylation sites is 1. The Kier molecular flexibility index (Phi) is 6.12. The highest BCUT2D eigenvalue weighted by Crippen LogP contribution is 2.26. The van der Waals surface area contributed by atoms with Gasteiger partial charge in [-0.1, -0.05) is 62.4 Å². The SMILES string of the molecule is CCc1cccc(CC)c1N=C(C)c1cccc(C(C)=NC2C=CC=C2)n1. The molecule has 1 heterocycles. The van der Waals surface area contributed by atoms with E-state index in [1.54, 1.807) is 0 Å². The molecular weight excluding hydrogens is 330 g/mol. The van der Waals surface area contributed by atoms with Crippen LogP contribution in [0.5, 0.6) is 0 Å². The smallest absolute Gasteiger partial charge is 0.0871 e. The molecule has 0 amide bonds. The number of nitrogens with zero attached hydrogens (tertiary/aromatic N) is 3. The first-order valence-corrected chi connectivity index (χ1v) is 9.65. The Balaban J connectivity index is 1.94. The molecule has 0 N–H and O–H groups in total. The van der Waals surface area contributed by atoms with Crippen LogP contribution >= 0.6 is 0 Å². The van der Waals surface area contributed by atoms with Crippen molar-refractivity contribution in [3.63, 3.8) is 0 Å². The maximum atomic E-state index is 4.97. The van der Waals surface area contributed by atoms with Gasteiger partial charge in [-0.3, -0.25) is 9.98 Å². The Labute approximate surface area is 162 Å². The van der Waals surface area contributed by atoms with Gasteiger partial charge in [-0.2, -0.15) is 0 Å². The van der Waals surface area contributed by atoms with E-state index in [0.717, 1.165) is 41.3 Å². The maximum Gasteiger partial charge on any atom is 0.0871 e. The van der Waals surface area contributed by atoms with E-state index in [9.17, 15) is 0 Å². The van der Waals surface area contributed by atoms with Crippen LogP contribution in [0.15, 0.2) is 70.7 Å². The van der Waals surface area contributed by atoms with Gasteiger partial charge in [0.1, 0.15) is 0 Å². The van der Waals surface area contributed by atoms with E-state index in [1.165, 1.54) is 11.1 Å². The number of allylic oxidation sites excluding steroid dienone is 2. The molecule has 0 saturated carbocycles. The molecule has 0 saturated heterocycles. The van der Waals surface area contributed by atoms with Gasteiger partial charge in [-0.15, -0.1) is 0 Å². The molecule has 1 aliphatic rings. The van der Waals surface area contributed by atoms with Crippen LogP contribution in [0.3, 0.4) is 0 Å². The Morgan fingerprint density at radius 3 is 2.00 bits per heavy atom. The molecule has 2 aromatic rings. The van der Waals surface area contributed by atoms with Crippen molar-refractivity contribution < 1.29 is 0 Å². The third-order valence-electron chi connectivity index (χ3n) is 4.81. The number of pyridine rings is 1. The average Bonchev–Trinajstić information content (AvgIpc) is 3.21. The molecule has 1 aliphatic carbocycles. The van der Waals surface area contributed by atoms with E-state index in [0.29, 0.717) is 0 Å². The van der Waals surface area contributed by atoms with Gasteiger partial charge in [0.15, 0.2) is 0 Å². The van der Waals surface area contributed by atoms with E-state index >= 15 is 0 Å². The minimum Gasteiger partial charge on any atom is -0.276 e. The van der Waals surface area contributed by atoms with Crippen LogP contribution in [0.1, 0.15) is 50.2 Å². The third-order valence-corrected chi connectivity index (χ3v) is 4.81. The number of aryl methyl sites for hydroxylation is 2. The highest BCUT2D eigenvalue weighted by molar-refractivity contribution is 6.01. The highest BCUT2D eigenvalue weighted by atomic mass is 14.8. The first-order chi connectivity index (χ1) is 13.1. The van der Waals surface area contributed by atoms with Crippen LogP contribution < -0.4 is 0 Å². The standard InChI is InChI=1S/C24H27N3/c1-5-19-11-9-12-20(6-2)24(19)26-18(4)23-16-10-15-22(27-23)17(3)25-21-13-7-8-14-21/h7-16,21H,5-6H2,1-4H3. The zero-order valence-corrected chi connectivity index (χ0v) is 16.6. The van der Waals surface area contributed by atoms with Gasteiger partial charge in [-0.05, 0) is 49.9 Å². The second kappa shape index (κ2) is 8.72. The molecule has 27 heavy (non-hydrogen) atoms. The van der Waals surface area contributed by atoms with Gasteiger partial charge in [0.25, 0.3) is 0 Å². The first-order valence-electron chi connectivity index (χ1n) is 9.65. The summed E-state index contributed by atoms with van der Waals surface area (Å²) in [5, 5.41) is 0. The van der Waals surface area contributed by atoms with Gasteiger partial charge in [0, 0.05) is 0 Å². The van der Waals surface area contributed by atoms with Gasteiger partial charge < -0.3 is 0 Å². The minimum atomic E-state index is 0.119. The summed E-state index contributed by atoms with van der Waals surface area (Å²) in [4.78, 5) is 14.5. The summed E-state index contributed by atoms with van der Waals surface area (Å²) in [6.07, 6.45) is 10.2. The Morgan fingerprint density at radius 2 is 1.41 bits per heavy atom. The van der Waals surface area contributed by atoms with Crippen LogP contribution in [0.25, 0.3) is 0 Å². The summed E-state index contributed by atoms with van der Waals surface area (Å²) in [6.45, 7) is 8.40. The van der Waals surface area contributed by atoms with Gasteiger partial charge >= 0.3 is 0 Å². The summed E-state index contributed by atoms with van der Waals surface area (Å²) in [7, 11) is 0. The van der Waals surface area contributed by atoms with Crippen LogP contribution in [-0.2, 0) is 12.8 Å². The summed E-state index contributed by atoms with van der Waals surface area (Å²) in [5.74, 6) is 0. The lowest BCUT2D eigenvalue weighted by molar-refractivity contribution is 1.04. The lowest BCUT2D eigenvalue weighted by Crippen LogP contribution is -2.07. The molecule has 0 aliphatic heterocycles. The molecule has 0 unspecified atom stereocenters. The Morgan fingerprint density at radius 1 is 0.852 bits per heavy atom. The minimum absolute atomic E-state index is 0.119. The first kappa shape index (κ1) is 19.0. The lowest BCUT2D eigenvalue weighted by atomic mass is 10.0. The summed E-state index contributed by atoms with van der Waals surface area (Å²) in [5.41, 5.74) is 7.32. The number of benzene rings is 1. The van der Waals surface area contributed by atoms with Crippen LogP contribution in [0.2, 0.25) is 0 Å². The molecule has 3 heteroatoms.